The van der Waals surface area contributed by atoms with E-state index in [9.17, 15) is 0 Å². The van der Waals surface area contributed by atoms with Gasteiger partial charge in [-0.15, -0.1) is 11.3 Å². The summed E-state index contributed by atoms with van der Waals surface area (Å²) in [5, 5.41) is 8.54. The van der Waals surface area contributed by atoms with Gasteiger partial charge in [0.2, 0.25) is 0 Å². The third kappa shape index (κ3) is 5.36. The number of nitrogens with one attached hydrogen (secondary N) is 1. The number of thiophene rings is 1. The summed E-state index contributed by atoms with van der Waals surface area (Å²) in [5.41, 5.74) is 11.4. The van der Waals surface area contributed by atoms with Crippen LogP contribution in [0.2, 0.25) is 0 Å². The number of benzene rings is 8. The first-order chi connectivity index (χ1) is 27.8. The Balaban J connectivity index is 1.13. The normalized spacial score (nSPS) is 14.2. The summed E-state index contributed by atoms with van der Waals surface area (Å²) in [6.07, 6.45) is -0.337. The first-order valence-corrected chi connectivity index (χ1v) is 19.8. The van der Waals surface area contributed by atoms with Crippen LogP contribution in [-0.4, -0.2) is 16.2 Å². The van der Waals surface area contributed by atoms with Gasteiger partial charge in [-0.2, -0.15) is 0 Å². The Morgan fingerprint density at radius 1 is 0.464 bits per heavy atom. The van der Waals surface area contributed by atoms with Crippen LogP contribution in [0.1, 0.15) is 22.9 Å². The highest BCUT2D eigenvalue weighted by atomic mass is 32.1. The lowest BCUT2D eigenvalue weighted by molar-refractivity contribution is 0.674. The summed E-state index contributed by atoms with van der Waals surface area (Å²) in [5.74, 6) is 1.51. The standard InChI is InChI=1S/C51H34N4S/c1-4-16-33(17-5-1)36-22-12-23-37(32-36)50-52-49(35-20-8-3-9-21-35)53-51(54-50)42-28-15-30-44-46(42)41-24-10-11-29-43(41)55(44)45-31-14-27-40-39-26-13-25-38(47(39)56-48(40)45)34-18-6-2-7-19-34/h1-32,50H,(H,52,53,54). The van der Waals surface area contributed by atoms with Crippen molar-refractivity contribution < 1.29 is 0 Å². The molecule has 2 aromatic heterocycles. The van der Waals surface area contributed by atoms with E-state index in [1.165, 1.54) is 47.9 Å². The Morgan fingerprint density at radius 2 is 1.05 bits per heavy atom. The van der Waals surface area contributed by atoms with Crippen LogP contribution in [0, 0.1) is 0 Å². The summed E-state index contributed by atoms with van der Waals surface area (Å²) < 4.78 is 5.01. The highest BCUT2D eigenvalue weighted by Crippen LogP contribution is 2.44. The van der Waals surface area contributed by atoms with Crippen LogP contribution < -0.4 is 5.32 Å². The molecule has 0 bridgehead atoms. The fraction of sp³-hybridized carbons (Fsp3) is 0.0196. The van der Waals surface area contributed by atoms with E-state index < -0.39 is 0 Å². The highest BCUT2D eigenvalue weighted by molar-refractivity contribution is 7.26. The van der Waals surface area contributed by atoms with E-state index in [4.69, 9.17) is 9.98 Å². The van der Waals surface area contributed by atoms with Crippen LogP contribution in [0.4, 0.5) is 0 Å². The number of rotatable bonds is 6. The smallest absolute Gasteiger partial charge is 0.160 e. The third-order valence-corrected chi connectivity index (χ3v) is 12.1. The number of fused-ring (bicyclic) bond motifs is 6. The summed E-state index contributed by atoms with van der Waals surface area (Å²) in [4.78, 5) is 10.7. The number of hydrogen-bond acceptors (Lipinski definition) is 4. The summed E-state index contributed by atoms with van der Waals surface area (Å²) in [6.45, 7) is 0. The Labute approximate surface area is 328 Å². The van der Waals surface area contributed by atoms with E-state index in [2.05, 4.69) is 198 Å². The van der Waals surface area contributed by atoms with Gasteiger partial charge in [0.15, 0.2) is 5.84 Å². The predicted molar refractivity (Wildman–Crippen MR) is 236 cm³/mol. The maximum Gasteiger partial charge on any atom is 0.160 e. The molecule has 0 aliphatic carbocycles. The van der Waals surface area contributed by atoms with Crippen molar-refractivity contribution in [3.8, 4) is 27.9 Å². The van der Waals surface area contributed by atoms with Gasteiger partial charge >= 0.3 is 0 Å². The zero-order chi connectivity index (χ0) is 37.0. The molecule has 0 saturated carbocycles. The molecular formula is C51H34N4S. The molecule has 0 radical (unpaired) electrons. The van der Waals surface area contributed by atoms with Crippen LogP contribution >= 0.6 is 11.3 Å². The van der Waals surface area contributed by atoms with Crippen molar-refractivity contribution in [1.29, 1.82) is 0 Å². The van der Waals surface area contributed by atoms with Gasteiger partial charge in [0.1, 0.15) is 12.0 Å². The monoisotopic (exact) mass is 734 g/mol. The van der Waals surface area contributed by atoms with Crippen LogP contribution in [0.15, 0.2) is 204 Å². The van der Waals surface area contributed by atoms with Crippen molar-refractivity contribution in [3.63, 3.8) is 0 Å². The van der Waals surface area contributed by atoms with Gasteiger partial charge in [-0.05, 0) is 52.1 Å². The topological polar surface area (TPSA) is 41.7 Å². The average molecular weight is 735 g/mol. The van der Waals surface area contributed by atoms with E-state index in [1.54, 1.807) is 0 Å². The van der Waals surface area contributed by atoms with Crippen LogP contribution in [0.3, 0.4) is 0 Å². The first-order valence-electron chi connectivity index (χ1n) is 18.9. The SMILES string of the molecule is c1ccc(C2=NC(c3cccc4c3c3ccccc3n4-c3cccc4c3sc3c(-c5ccccc5)cccc34)=NC(c3cccc(-c4ccccc4)c3)N2)cc1. The van der Waals surface area contributed by atoms with Crippen LogP contribution in [0.25, 0.3) is 69.9 Å². The Kier molecular flexibility index (Phi) is 7.71. The maximum atomic E-state index is 5.40. The van der Waals surface area contributed by atoms with Crippen molar-refractivity contribution in [1.82, 2.24) is 9.88 Å². The number of aliphatic imine (C=N–C) groups is 2. The fourth-order valence-corrected chi connectivity index (χ4v) is 9.63. The second-order valence-electron chi connectivity index (χ2n) is 14.2. The van der Waals surface area contributed by atoms with Crippen LogP contribution in [0.5, 0.6) is 0 Å². The molecule has 0 amide bonds. The highest BCUT2D eigenvalue weighted by Gasteiger charge is 2.25. The van der Waals surface area contributed by atoms with Gasteiger partial charge in [0.25, 0.3) is 0 Å². The molecule has 5 heteroatoms. The largest absolute Gasteiger partial charge is 0.344 e. The van der Waals surface area contributed by atoms with Crippen molar-refractivity contribution in [2.75, 3.05) is 0 Å². The number of para-hydroxylation sites is 1. The van der Waals surface area contributed by atoms with E-state index >= 15 is 0 Å². The lowest BCUT2D eigenvalue weighted by atomic mass is 10.0. The second kappa shape index (κ2) is 13.3. The third-order valence-electron chi connectivity index (χ3n) is 10.9. The van der Waals surface area contributed by atoms with Crippen molar-refractivity contribution in [2.24, 2.45) is 9.98 Å². The van der Waals surface area contributed by atoms with Gasteiger partial charge < -0.3 is 9.88 Å². The molecular weight excluding hydrogens is 701 g/mol. The number of amidine groups is 2. The van der Waals surface area contributed by atoms with Gasteiger partial charge in [-0.25, -0.2) is 9.98 Å². The quantitative estimate of drug-likeness (QED) is 0.182. The molecule has 1 N–H and O–H groups in total. The minimum atomic E-state index is -0.337. The molecule has 0 fully saturated rings. The molecule has 11 rings (SSSR count). The molecule has 264 valence electrons. The molecule has 1 aliphatic rings. The first kappa shape index (κ1) is 32.4. The van der Waals surface area contributed by atoms with E-state index in [0.717, 1.165) is 44.5 Å². The average Bonchev–Trinajstić information content (AvgIpc) is 3.83. The summed E-state index contributed by atoms with van der Waals surface area (Å²) in [6, 6.07) is 69.0. The Bertz CT molecular complexity index is 3160. The van der Waals surface area contributed by atoms with E-state index in [1.807, 2.05) is 17.4 Å². The van der Waals surface area contributed by atoms with Crippen molar-refractivity contribution >= 4 is 65.0 Å². The summed E-state index contributed by atoms with van der Waals surface area (Å²) in [7, 11) is 0. The zero-order valence-corrected chi connectivity index (χ0v) is 31.1. The molecule has 10 aromatic rings. The van der Waals surface area contributed by atoms with E-state index in [-0.39, 0.29) is 6.17 Å². The molecule has 4 nitrogen and oxygen atoms in total. The van der Waals surface area contributed by atoms with Gasteiger partial charge in [-0.3, -0.25) is 0 Å². The molecule has 56 heavy (non-hydrogen) atoms. The van der Waals surface area contributed by atoms with Gasteiger partial charge in [-0.1, -0.05) is 170 Å². The lowest BCUT2D eigenvalue weighted by Crippen LogP contribution is -2.33. The van der Waals surface area contributed by atoms with E-state index in [0.29, 0.717) is 5.84 Å². The number of nitrogens with zero attached hydrogens (tertiary/aromatic N) is 3. The summed E-state index contributed by atoms with van der Waals surface area (Å²) >= 11 is 1.88. The minimum Gasteiger partial charge on any atom is -0.344 e. The molecule has 3 heterocycles. The minimum absolute atomic E-state index is 0.337. The molecule has 1 aliphatic heterocycles. The molecule has 8 aromatic carbocycles. The van der Waals surface area contributed by atoms with Crippen molar-refractivity contribution in [2.45, 2.75) is 6.17 Å². The van der Waals surface area contributed by atoms with Crippen molar-refractivity contribution in [3.05, 3.63) is 211 Å². The maximum absolute atomic E-state index is 5.40. The second-order valence-corrected chi connectivity index (χ2v) is 15.2. The number of hydrogen-bond donors (Lipinski definition) is 1. The zero-order valence-electron chi connectivity index (χ0n) is 30.3. The fourth-order valence-electron chi connectivity index (χ4n) is 8.29. The van der Waals surface area contributed by atoms with Gasteiger partial charge in [0, 0.05) is 37.4 Å². The molecule has 1 atom stereocenters. The molecule has 1 unspecified atom stereocenters. The van der Waals surface area contributed by atoms with Crippen LogP contribution in [-0.2, 0) is 0 Å². The predicted octanol–water partition coefficient (Wildman–Crippen LogP) is 13.0. The van der Waals surface area contributed by atoms with Gasteiger partial charge in [0.05, 0.1) is 21.4 Å². The Morgan fingerprint density at radius 3 is 1.86 bits per heavy atom. The molecule has 0 saturated heterocycles. The molecule has 0 spiro atoms. The Hall–Kier alpha value is -7.08. The number of aromatic nitrogens is 1. The lowest BCUT2D eigenvalue weighted by Gasteiger charge is -2.24.